The molecule has 0 bridgehead atoms. The van der Waals surface area contributed by atoms with E-state index in [1.54, 1.807) is 19.2 Å². The topological polar surface area (TPSA) is 27.7 Å². The van der Waals surface area contributed by atoms with E-state index in [1.165, 1.54) is 5.56 Å². The fraction of sp³-hybridized carbons (Fsp3) is 0.316. The number of anilines is 1. The van der Waals surface area contributed by atoms with Gasteiger partial charge in [0, 0.05) is 37.7 Å². The number of benzene rings is 2. The minimum Gasteiger partial charge on any atom is -0.497 e. The minimum atomic E-state index is 0.566. The number of piperazine rings is 1. The van der Waals surface area contributed by atoms with Crippen LogP contribution in [-0.4, -0.2) is 48.2 Å². The normalized spacial score (nSPS) is 15.0. The lowest BCUT2D eigenvalue weighted by atomic mass is 10.2. The monoisotopic (exact) mass is 409 g/mol. The van der Waals surface area contributed by atoms with E-state index in [2.05, 4.69) is 27.2 Å². The molecule has 1 aliphatic rings. The molecule has 1 saturated heterocycles. The summed E-state index contributed by atoms with van der Waals surface area (Å²) >= 11 is 17.7. The highest BCUT2D eigenvalue weighted by Gasteiger charge is 2.19. The van der Waals surface area contributed by atoms with Gasteiger partial charge in [-0.1, -0.05) is 35.3 Å². The van der Waals surface area contributed by atoms with E-state index in [1.807, 2.05) is 18.2 Å². The van der Waals surface area contributed by atoms with E-state index < -0.39 is 0 Å². The molecular weight excluding hydrogens is 389 g/mol. The summed E-state index contributed by atoms with van der Waals surface area (Å²) in [5.41, 5.74) is 2.03. The molecule has 138 valence electrons. The van der Waals surface area contributed by atoms with E-state index in [0.717, 1.165) is 44.2 Å². The van der Waals surface area contributed by atoms with E-state index in [9.17, 15) is 0 Å². The van der Waals surface area contributed by atoms with Crippen molar-refractivity contribution in [2.24, 2.45) is 0 Å². The van der Waals surface area contributed by atoms with Crippen molar-refractivity contribution in [2.45, 2.75) is 6.54 Å². The van der Waals surface area contributed by atoms with Crippen molar-refractivity contribution in [2.75, 3.05) is 38.6 Å². The van der Waals surface area contributed by atoms with E-state index in [-0.39, 0.29) is 0 Å². The van der Waals surface area contributed by atoms with Gasteiger partial charge in [-0.3, -0.25) is 4.90 Å². The molecule has 1 N–H and O–H groups in total. The average molecular weight is 410 g/mol. The van der Waals surface area contributed by atoms with Gasteiger partial charge in [-0.15, -0.1) is 0 Å². The van der Waals surface area contributed by atoms with Crippen LogP contribution in [0.15, 0.2) is 42.5 Å². The minimum absolute atomic E-state index is 0.566. The molecule has 0 aromatic heterocycles. The van der Waals surface area contributed by atoms with Gasteiger partial charge in [-0.05, 0) is 48.1 Å². The Kier molecular flexibility index (Phi) is 6.59. The van der Waals surface area contributed by atoms with Crippen LogP contribution < -0.4 is 10.1 Å². The second kappa shape index (κ2) is 8.91. The Morgan fingerprint density at radius 2 is 1.88 bits per heavy atom. The van der Waals surface area contributed by atoms with Crippen LogP contribution in [-0.2, 0) is 6.54 Å². The Morgan fingerprint density at radius 1 is 1.12 bits per heavy atom. The van der Waals surface area contributed by atoms with Gasteiger partial charge in [0.2, 0.25) is 0 Å². The molecule has 2 aromatic carbocycles. The molecule has 0 saturated carbocycles. The third kappa shape index (κ3) is 5.01. The molecule has 0 amide bonds. The lowest BCUT2D eigenvalue weighted by Gasteiger charge is -2.36. The molecule has 7 heteroatoms. The van der Waals surface area contributed by atoms with E-state index >= 15 is 0 Å². The quantitative estimate of drug-likeness (QED) is 0.749. The Balaban J connectivity index is 1.52. The summed E-state index contributed by atoms with van der Waals surface area (Å²) in [6.07, 6.45) is 0. The zero-order valence-corrected chi connectivity index (χ0v) is 16.9. The number of rotatable bonds is 4. The van der Waals surface area contributed by atoms with Crippen molar-refractivity contribution in [3.05, 3.63) is 58.1 Å². The summed E-state index contributed by atoms with van der Waals surface area (Å²) in [5.74, 6) is 0.895. The lowest BCUT2D eigenvalue weighted by molar-refractivity contribution is 0.177. The summed E-state index contributed by atoms with van der Waals surface area (Å²) in [6.45, 7) is 4.57. The zero-order chi connectivity index (χ0) is 18.5. The van der Waals surface area contributed by atoms with E-state index in [4.69, 9.17) is 40.2 Å². The second-order valence-electron chi connectivity index (χ2n) is 6.17. The van der Waals surface area contributed by atoms with Crippen LogP contribution in [0.4, 0.5) is 5.69 Å². The summed E-state index contributed by atoms with van der Waals surface area (Å²) in [7, 11) is 1.69. The number of nitrogens with zero attached hydrogens (tertiary/aromatic N) is 2. The Hall–Kier alpha value is -1.53. The van der Waals surface area contributed by atoms with Crippen molar-refractivity contribution < 1.29 is 4.74 Å². The Morgan fingerprint density at radius 3 is 2.58 bits per heavy atom. The summed E-state index contributed by atoms with van der Waals surface area (Å²) in [5, 5.41) is 5.08. The van der Waals surface area contributed by atoms with Crippen LogP contribution in [0.5, 0.6) is 5.75 Å². The van der Waals surface area contributed by atoms with Gasteiger partial charge in [-0.25, -0.2) is 0 Å². The van der Waals surface area contributed by atoms with Crippen LogP contribution in [0.25, 0.3) is 0 Å². The second-order valence-corrected chi connectivity index (χ2v) is 7.40. The van der Waals surface area contributed by atoms with Gasteiger partial charge < -0.3 is 15.0 Å². The van der Waals surface area contributed by atoms with Crippen LogP contribution in [0.1, 0.15) is 5.56 Å². The SMILES string of the molecule is COc1cccc(CN2CCN(C(=S)Nc3ccc(Cl)cc3Cl)CC2)c1. The van der Waals surface area contributed by atoms with Crippen molar-refractivity contribution >= 4 is 46.2 Å². The first kappa shape index (κ1) is 19.2. The van der Waals surface area contributed by atoms with Crippen LogP contribution in [0.2, 0.25) is 10.0 Å². The van der Waals surface area contributed by atoms with Crippen molar-refractivity contribution in [1.82, 2.24) is 9.80 Å². The number of methoxy groups -OCH3 is 1. The van der Waals surface area contributed by atoms with Gasteiger partial charge >= 0.3 is 0 Å². The average Bonchev–Trinajstić information content (AvgIpc) is 2.64. The maximum absolute atomic E-state index is 6.21. The fourth-order valence-corrected chi connectivity index (χ4v) is 3.67. The first-order valence-electron chi connectivity index (χ1n) is 8.41. The molecule has 1 aliphatic heterocycles. The maximum atomic E-state index is 6.21. The number of thiocarbonyl (C=S) groups is 1. The highest BCUT2D eigenvalue weighted by molar-refractivity contribution is 7.80. The molecule has 0 aliphatic carbocycles. The number of nitrogens with one attached hydrogen (secondary N) is 1. The Labute approximate surface area is 169 Å². The number of ether oxygens (including phenoxy) is 1. The fourth-order valence-electron chi connectivity index (χ4n) is 2.92. The molecule has 0 radical (unpaired) electrons. The molecule has 2 aromatic rings. The first-order chi connectivity index (χ1) is 12.5. The van der Waals surface area contributed by atoms with Crippen LogP contribution in [0.3, 0.4) is 0 Å². The third-order valence-electron chi connectivity index (χ3n) is 4.37. The van der Waals surface area contributed by atoms with Gasteiger partial charge in [0.1, 0.15) is 5.75 Å². The summed E-state index contributed by atoms with van der Waals surface area (Å²) in [6, 6.07) is 13.6. The smallest absolute Gasteiger partial charge is 0.173 e. The highest BCUT2D eigenvalue weighted by Crippen LogP contribution is 2.25. The molecule has 0 unspecified atom stereocenters. The van der Waals surface area contributed by atoms with Gasteiger partial charge in [0.05, 0.1) is 17.8 Å². The molecule has 4 nitrogen and oxygen atoms in total. The zero-order valence-electron chi connectivity index (χ0n) is 14.5. The van der Waals surface area contributed by atoms with Crippen LogP contribution >= 0.6 is 35.4 Å². The summed E-state index contributed by atoms with van der Waals surface area (Å²) < 4.78 is 5.29. The van der Waals surface area contributed by atoms with Gasteiger partial charge in [0.25, 0.3) is 0 Å². The molecule has 26 heavy (non-hydrogen) atoms. The predicted molar refractivity (Wildman–Crippen MR) is 113 cm³/mol. The van der Waals surface area contributed by atoms with E-state index in [0.29, 0.717) is 15.2 Å². The Bertz CT molecular complexity index is 779. The van der Waals surface area contributed by atoms with Gasteiger partial charge in [0.15, 0.2) is 5.11 Å². The van der Waals surface area contributed by atoms with Crippen molar-refractivity contribution in [3.8, 4) is 5.75 Å². The van der Waals surface area contributed by atoms with Crippen molar-refractivity contribution in [3.63, 3.8) is 0 Å². The maximum Gasteiger partial charge on any atom is 0.173 e. The van der Waals surface area contributed by atoms with Crippen molar-refractivity contribution in [1.29, 1.82) is 0 Å². The first-order valence-corrected chi connectivity index (χ1v) is 9.58. The molecule has 1 fully saturated rings. The van der Waals surface area contributed by atoms with Crippen LogP contribution in [0, 0.1) is 0 Å². The molecule has 3 rings (SSSR count). The molecule has 0 spiro atoms. The largest absolute Gasteiger partial charge is 0.497 e. The third-order valence-corrected chi connectivity index (χ3v) is 5.28. The lowest BCUT2D eigenvalue weighted by Crippen LogP contribution is -2.49. The van der Waals surface area contributed by atoms with Gasteiger partial charge in [-0.2, -0.15) is 0 Å². The predicted octanol–water partition coefficient (Wildman–Crippen LogP) is 4.52. The summed E-state index contributed by atoms with van der Waals surface area (Å²) in [4.78, 5) is 4.59. The molecular formula is C19H21Cl2N3OS. The standard InChI is InChI=1S/C19H21Cl2N3OS/c1-25-16-4-2-3-14(11-16)13-23-7-9-24(10-8-23)19(26)22-18-6-5-15(20)12-17(18)21/h2-6,11-12H,7-10,13H2,1H3,(H,22,26). The molecule has 0 atom stereocenters. The number of hydrogen-bond donors (Lipinski definition) is 1. The highest BCUT2D eigenvalue weighted by atomic mass is 35.5. The number of halogens is 2. The molecule has 1 heterocycles. The number of hydrogen-bond acceptors (Lipinski definition) is 3.